The van der Waals surface area contributed by atoms with Crippen LogP contribution in [0, 0.1) is 0 Å². The van der Waals surface area contributed by atoms with Crippen molar-refractivity contribution in [2.24, 2.45) is 0 Å². The lowest BCUT2D eigenvalue weighted by Crippen LogP contribution is -1.97. The summed E-state index contributed by atoms with van der Waals surface area (Å²) in [6.45, 7) is 0. The first kappa shape index (κ1) is 29.9. The number of aromatic nitrogens is 3. The summed E-state index contributed by atoms with van der Waals surface area (Å²) >= 11 is 0. The maximum absolute atomic E-state index is 5.10. The molecule has 0 saturated heterocycles. The zero-order valence-electron chi connectivity index (χ0n) is 28.2. The second-order valence-electron chi connectivity index (χ2n) is 13.2. The van der Waals surface area contributed by atoms with Crippen LogP contribution < -0.4 is 0 Å². The van der Waals surface area contributed by atoms with Gasteiger partial charge in [-0.1, -0.05) is 158 Å². The molecule has 0 aliphatic heterocycles. The number of hydrogen-bond donors (Lipinski definition) is 0. The van der Waals surface area contributed by atoms with Crippen LogP contribution in [-0.4, -0.2) is 15.0 Å². The molecule has 0 N–H and O–H groups in total. The lowest BCUT2D eigenvalue weighted by molar-refractivity contribution is 1.18. The first-order valence-electron chi connectivity index (χ1n) is 17.6. The Kier molecular flexibility index (Phi) is 7.14. The Morgan fingerprint density at radius 2 is 0.808 bits per heavy atom. The van der Waals surface area contributed by atoms with E-state index in [1.54, 1.807) is 0 Å². The highest BCUT2D eigenvalue weighted by atomic mass is 14.9. The summed E-state index contributed by atoms with van der Waals surface area (Å²) in [6, 6.07) is 62.4. The van der Waals surface area contributed by atoms with Crippen LogP contribution >= 0.6 is 0 Å². The molecular formula is C49H31N3. The molecule has 0 radical (unpaired) electrons. The topological polar surface area (TPSA) is 38.7 Å². The molecular weight excluding hydrogens is 631 g/mol. The molecule has 0 unspecified atom stereocenters. The fraction of sp³-hybridized carbons (Fsp3) is 0. The Labute approximate surface area is 302 Å². The van der Waals surface area contributed by atoms with Crippen molar-refractivity contribution >= 4 is 10.8 Å². The summed E-state index contributed by atoms with van der Waals surface area (Å²) in [5.74, 6) is 0.698. The van der Waals surface area contributed by atoms with E-state index in [0.717, 1.165) is 44.8 Å². The highest BCUT2D eigenvalue weighted by molar-refractivity contribution is 6.18. The summed E-state index contributed by atoms with van der Waals surface area (Å²) < 4.78 is 0. The minimum Gasteiger partial charge on any atom is -0.265 e. The van der Waals surface area contributed by atoms with E-state index in [1.807, 2.05) is 42.7 Å². The van der Waals surface area contributed by atoms with Gasteiger partial charge in [-0.15, -0.1) is 0 Å². The van der Waals surface area contributed by atoms with Gasteiger partial charge in [0.15, 0.2) is 5.82 Å². The Morgan fingerprint density at radius 1 is 0.288 bits per heavy atom. The third-order valence-electron chi connectivity index (χ3n) is 10.2. The van der Waals surface area contributed by atoms with Crippen LogP contribution in [0.5, 0.6) is 0 Å². The average Bonchev–Trinajstić information content (AvgIpc) is 3.56. The lowest BCUT2D eigenvalue weighted by Gasteiger charge is -2.13. The van der Waals surface area contributed by atoms with Gasteiger partial charge in [0.2, 0.25) is 0 Å². The predicted octanol–water partition coefficient (Wildman–Crippen LogP) is 12.7. The molecule has 52 heavy (non-hydrogen) atoms. The fourth-order valence-corrected chi connectivity index (χ4v) is 7.67. The van der Waals surface area contributed by atoms with Crippen molar-refractivity contribution in [3.05, 3.63) is 188 Å². The number of rotatable bonds is 6. The lowest BCUT2D eigenvalue weighted by atomic mass is 9.93. The van der Waals surface area contributed by atoms with Crippen LogP contribution in [0.25, 0.3) is 100 Å². The zero-order valence-corrected chi connectivity index (χ0v) is 28.2. The van der Waals surface area contributed by atoms with Gasteiger partial charge in [-0.25, -0.2) is 9.97 Å². The van der Waals surface area contributed by atoms with Crippen LogP contribution in [0.2, 0.25) is 0 Å². The molecule has 0 bridgehead atoms. The first-order valence-corrected chi connectivity index (χ1v) is 17.6. The van der Waals surface area contributed by atoms with Gasteiger partial charge in [0.05, 0.1) is 11.4 Å². The average molecular weight is 662 g/mol. The minimum absolute atomic E-state index is 0.698. The maximum atomic E-state index is 5.10. The molecule has 3 nitrogen and oxygen atoms in total. The smallest absolute Gasteiger partial charge is 0.160 e. The Morgan fingerprint density at radius 3 is 1.52 bits per heavy atom. The molecule has 1 aliphatic carbocycles. The second-order valence-corrected chi connectivity index (χ2v) is 13.2. The van der Waals surface area contributed by atoms with Gasteiger partial charge >= 0.3 is 0 Å². The van der Waals surface area contributed by atoms with E-state index in [2.05, 4.69) is 151 Å². The molecule has 2 heterocycles. The molecule has 0 amide bonds. The molecule has 242 valence electrons. The molecule has 1 aliphatic rings. The normalized spacial score (nSPS) is 11.5. The van der Waals surface area contributed by atoms with Crippen molar-refractivity contribution < 1.29 is 0 Å². The summed E-state index contributed by atoms with van der Waals surface area (Å²) in [4.78, 5) is 14.4. The maximum Gasteiger partial charge on any atom is 0.160 e. The Bertz CT molecular complexity index is 2720. The highest BCUT2D eigenvalue weighted by Gasteiger charge is 2.22. The zero-order chi connectivity index (χ0) is 34.4. The van der Waals surface area contributed by atoms with Crippen LogP contribution in [-0.2, 0) is 0 Å². The monoisotopic (exact) mass is 661 g/mol. The predicted molar refractivity (Wildman–Crippen MR) is 214 cm³/mol. The number of fused-ring (bicyclic) bond motifs is 3. The first-order chi connectivity index (χ1) is 25.8. The van der Waals surface area contributed by atoms with E-state index >= 15 is 0 Å². The number of pyridine rings is 1. The fourth-order valence-electron chi connectivity index (χ4n) is 7.67. The van der Waals surface area contributed by atoms with E-state index in [1.165, 1.54) is 49.7 Å². The third-order valence-corrected chi connectivity index (χ3v) is 10.2. The molecule has 2 aromatic heterocycles. The van der Waals surface area contributed by atoms with E-state index in [0.29, 0.717) is 5.82 Å². The molecule has 10 rings (SSSR count). The molecule has 7 aromatic carbocycles. The molecule has 0 atom stereocenters. The quantitative estimate of drug-likeness (QED) is 0.178. The molecule has 0 spiro atoms. The van der Waals surface area contributed by atoms with Crippen LogP contribution in [0.3, 0.4) is 0 Å². The van der Waals surface area contributed by atoms with Crippen molar-refractivity contribution in [1.29, 1.82) is 0 Å². The van der Waals surface area contributed by atoms with E-state index in [4.69, 9.17) is 9.97 Å². The van der Waals surface area contributed by atoms with Gasteiger partial charge in [-0.3, -0.25) is 4.98 Å². The Balaban J connectivity index is 0.997. The van der Waals surface area contributed by atoms with Gasteiger partial charge < -0.3 is 0 Å². The van der Waals surface area contributed by atoms with E-state index in [9.17, 15) is 0 Å². The highest BCUT2D eigenvalue weighted by Crippen LogP contribution is 2.49. The summed E-state index contributed by atoms with van der Waals surface area (Å²) in [7, 11) is 0. The number of benzene rings is 7. The van der Waals surface area contributed by atoms with Crippen LogP contribution in [0.1, 0.15) is 0 Å². The molecule has 0 saturated carbocycles. The van der Waals surface area contributed by atoms with Crippen LogP contribution in [0.15, 0.2) is 188 Å². The van der Waals surface area contributed by atoms with Gasteiger partial charge in [0.1, 0.15) is 0 Å². The van der Waals surface area contributed by atoms with Gasteiger partial charge in [-0.2, -0.15) is 0 Å². The third kappa shape index (κ3) is 5.10. The molecule has 0 fully saturated rings. The number of nitrogens with zero attached hydrogens (tertiary/aromatic N) is 3. The summed E-state index contributed by atoms with van der Waals surface area (Å²) in [6.07, 6.45) is 3.66. The van der Waals surface area contributed by atoms with Crippen molar-refractivity contribution in [3.8, 4) is 89.5 Å². The number of hydrogen-bond acceptors (Lipinski definition) is 3. The standard InChI is InChI=1S/C49H31N3/c1-2-9-37(10-3-1)49-51-46(31-47(52-49)42-14-7-4-11-38(42)35-27-29-50-30-28-35)36-23-19-33(20-24-36)32-17-21-34(22-18-32)39-25-26-45-41-13-6-5-12-40(41)44-16-8-15-43(39)48(44)45/h1-31H. The SMILES string of the molecule is c1ccc(-c2nc(-c3ccc(-c4ccc(-c5ccc6c7c(cccc57)-c5ccccc5-6)cc4)cc3)cc(-c3ccccc3-c3ccncc3)n2)cc1. The van der Waals surface area contributed by atoms with Crippen molar-refractivity contribution in [2.75, 3.05) is 0 Å². The largest absolute Gasteiger partial charge is 0.265 e. The van der Waals surface area contributed by atoms with Crippen molar-refractivity contribution in [3.63, 3.8) is 0 Å². The van der Waals surface area contributed by atoms with Crippen LogP contribution in [0.4, 0.5) is 0 Å². The van der Waals surface area contributed by atoms with E-state index in [-0.39, 0.29) is 0 Å². The van der Waals surface area contributed by atoms with Gasteiger partial charge in [0.25, 0.3) is 0 Å². The van der Waals surface area contributed by atoms with Crippen molar-refractivity contribution in [2.45, 2.75) is 0 Å². The van der Waals surface area contributed by atoms with E-state index < -0.39 is 0 Å². The Hall–Kier alpha value is -6.97. The second kappa shape index (κ2) is 12.4. The summed E-state index contributed by atoms with van der Waals surface area (Å²) in [5, 5.41) is 2.65. The minimum atomic E-state index is 0.698. The molecule has 9 aromatic rings. The van der Waals surface area contributed by atoms with Crippen molar-refractivity contribution in [1.82, 2.24) is 15.0 Å². The van der Waals surface area contributed by atoms with Gasteiger partial charge in [-0.05, 0) is 84.6 Å². The molecule has 3 heteroatoms. The summed E-state index contributed by atoms with van der Waals surface area (Å²) in [5.41, 5.74) is 17.1. The van der Waals surface area contributed by atoms with Gasteiger partial charge in [0, 0.05) is 29.1 Å².